The number of allylic oxidation sites excluding steroid dienone is 1. The van der Waals surface area contributed by atoms with E-state index in [1.165, 1.54) is 10.4 Å². The summed E-state index contributed by atoms with van der Waals surface area (Å²) in [6, 6.07) is 39.2. The second-order valence-corrected chi connectivity index (χ2v) is 16.2. The van der Waals surface area contributed by atoms with Crippen molar-refractivity contribution in [1.29, 1.82) is 0 Å². The third-order valence-electron chi connectivity index (χ3n) is 6.65. The summed E-state index contributed by atoms with van der Waals surface area (Å²) in [5, 5.41) is 2.39. The quantitative estimate of drug-likeness (QED) is 0.166. The second kappa shape index (κ2) is 12.5. The first-order valence-corrected chi connectivity index (χ1v) is 16.0. The molecule has 0 saturated heterocycles. The van der Waals surface area contributed by atoms with E-state index < -0.39 is 19.1 Å². The van der Waals surface area contributed by atoms with Gasteiger partial charge >= 0.3 is 0 Å². The second-order valence-electron chi connectivity index (χ2n) is 10.4. The predicted molar refractivity (Wildman–Crippen MR) is 165 cm³/mol. The first-order chi connectivity index (χ1) is 18.3. The Morgan fingerprint density at radius 1 is 0.763 bits per heavy atom. The molecule has 0 aliphatic heterocycles. The third kappa shape index (κ3) is 6.39. The molecule has 0 amide bonds. The molecule has 0 fully saturated rings. The van der Waals surface area contributed by atoms with E-state index in [1.807, 2.05) is 79.7 Å². The van der Waals surface area contributed by atoms with Gasteiger partial charge in [-0.2, -0.15) is 0 Å². The van der Waals surface area contributed by atoms with Crippen LogP contribution in [0.2, 0.25) is 5.04 Å². The molecule has 4 aromatic rings. The Balaban J connectivity index is 1.68. The summed E-state index contributed by atoms with van der Waals surface area (Å²) in [6.07, 6.45) is 5.97. The molecule has 1 atom stereocenters. The molecule has 0 spiro atoms. The van der Waals surface area contributed by atoms with Gasteiger partial charge in [-0.3, -0.25) is 0 Å². The van der Waals surface area contributed by atoms with Crippen LogP contribution in [0.25, 0.3) is 6.08 Å². The lowest BCUT2D eigenvalue weighted by Gasteiger charge is -2.42. The average molecular weight is 537 g/mol. The molecule has 194 valence electrons. The highest BCUT2D eigenvalue weighted by Crippen LogP contribution is 2.36. The minimum absolute atomic E-state index is 0.100. The van der Waals surface area contributed by atoms with E-state index in [9.17, 15) is 4.21 Å². The number of rotatable bonds is 9. The van der Waals surface area contributed by atoms with Gasteiger partial charge in [0, 0.05) is 9.80 Å². The van der Waals surface area contributed by atoms with E-state index >= 15 is 0 Å². The van der Waals surface area contributed by atoms with Gasteiger partial charge in [0.25, 0.3) is 8.32 Å². The smallest absolute Gasteiger partial charge is 0.261 e. The normalized spacial score (nSPS) is 13.5. The molecule has 0 radical (unpaired) electrons. The molecule has 0 aromatic heterocycles. The van der Waals surface area contributed by atoms with E-state index in [0.717, 1.165) is 20.9 Å². The van der Waals surface area contributed by atoms with Gasteiger partial charge in [-0.25, -0.2) is 4.21 Å². The average Bonchev–Trinajstić information content (AvgIpc) is 2.93. The Morgan fingerprint density at radius 3 is 1.76 bits per heavy atom. The van der Waals surface area contributed by atoms with Gasteiger partial charge in [-0.15, -0.1) is 0 Å². The first kappa shape index (κ1) is 27.7. The van der Waals surface area contributed by atoms with Gasteiger partial charge in [0.05, 0.1) is 17.4 Å². The van der Waals surface area contributed by atoms with E-state index in [2.05, 4.69) is 81.4 Å². The Kier molecular flexibility index (Phi) is 9.11. The van der Waals surface area contributed by atoms with Crippen LogP contribution in [0.15, 0.2) is 137 Å². The van der Waals surface area contributed by atoms with Crippen molar-refractivity contribution < 1.29 is 8.63 Å². The summed E-state index contributed by atoms with van der Waals surface area (Å²) in [6.45, 7) is 9.28. The molecular formula is C34H36O2SSi. The lowest BCUT2D eigenvalue weighted by molar-refractivity contribution is 0.339. The van der Waals surface area contributed by atoms with Gasteiger partial charge in [0.1, 0.15) is 0 Å². The van der Waals surface area contributed by atoms with E-state index in [4.69, 9.17) is 4.43 Å². The summed E-state index contributed by atoms with van der Waals surface area (Å²) >= 11 is 0. The van der Waals surface area contributed by atoms with Crippen molar-refractivity contribution in [2.45, 2.75) is 37.6 Å². The number of benzene rings is 4. The van der Waals surface area contributed by atoms with Crippen LogP contribution in [0.3, 0.4) is 0 Å². The van der Waals surface area contributed by atoms with Crippen LogP contribution in [-0.4, -0.2) is 19.1 Å². The number of hydrogen-bond donors (Lipinski definition) is 0. The summed E-state index contributed by atoms with van der Waals surface area (Å²) in [5.41, 5.74) is 2.16. The Morgan fingerprint density at radius 2 is 1.26 bits per heavy atom. The van der Waals surface area contributed by atoms with Crippen molar-refractivity contribution in [2.75, 3.05) is 6.61 Å². The van der Waals surface area contributed by atoms with Crippen molar-refractivity contribution >= 4 is 35.6 Å². The molecule has 0 N–H and O–H groups in total. The summed E-state index contributed by atoms with van der Waals surface area (Å²) in [5.74, 6) is 0. The van der Waals surface area contributed by atoms with Gasteiger partial charge in [0.2, 0.25) is 0 Å². The Bertz CT molecular complexity index is 1350. The molecule has 38 heavy (non-hydrogen) atoms. The van der Waals surface area contributed by atoms with Crippen LogP contribution in [0.1, 0.15) is 31.9 Å². The Labute approximate surface area is 231 Å². The molecule has 4 aromatic carbocycles. The highest BCUT2D eigenvalue weighted by Gasteiger charge is 2.49. The first-order valence-electron chi connectivity index (χ1n) is 13.0. The van der Waals surface area contributed by atoms with Gasteiger partial charge in [-0.1, -0.05) is 136 Å². The van der Waals surface area contributed by atoms with E-state index in [1.54, 1.807) is 0 Å². The minimum atomic E-state index is -2.64. The molecule has 0 heterocycles. The van der Waals surface area contributed by atoms with Crippen LogP contribution in [0.5, 0.6) is 0 Å². The highest BCUT2D eigenvalue weighted by atomic mass is 32.2. The molecule has 1 unspecified atom stereocenters. The van der Waals surface area contributed by atoms with Crippen molar-refractivity contribution in [2.24, 2.45) is 0 Å². The number of aryl methyl sites for hydroxylation is 1. The number of hydrogen-bond acceptors (Lipinski definition) is 2. The summed E-state index contributed by atoms with van der Waals surface area (Å²) in [4.78, 5) is 1.53. The van der Waals surface area contributed by atoms with Crippen molar-refractivity contribution in [3.8, 4) is 0 Å². The fourth-order valence-electron chi connectivity index (χ4n) is 4.77. The SMILES string of the molecule is Cc1ccc(S(=O)C(=C\c2ccccc2)/C=C/CO[Si](c2ccccc2)(c2ccccc2)C(C)(C)C)cc1. The van der Waals surface area contributed by atoms with Crippen molar-refractivity contribution in [3.63, 3.8) is 0 Å². The molecular weight excluding hydrogens is 501 g/mol. The standard InChI is InChI=1S/C34H36O2SSi/c1-28-22-24-30(25-23-28)37(35)31(27-29-15-8-5-9-16-29)17-14-26-36-38(34(2,3)4,32-18-10-6-11-19-32)33-20-12-7-13-21-33/h5-25,27H,26H2,1-4H3/b17-14+,31-27-. The van der Waals surface area contributed by atoms with Crippen LogP contribution in [0, 0.1) is 6.92 Å². The molecule has 4 rings (SSSR count). The molecule has 2 nitrogen and oxygen atoms in total. The van der Waals surface area contributed by atoms with Gasteiger partial charge in [0.15, 0.2) is 0 Å². The Hall–Kier alpha value is -3.31. The third-order valence-corrected chi connectivity index (χ3v) is 13.0. The van der Waals surface area contributed by atoms with Crippen LogP contribution >= 0.6 is 0 Å². The monoisotopic (exact) mass is 536 g/mol. The zero-order valence-corrected chi connectivity index (χ0v) is 24.5. The van der Waals surface area contributed by atoms with Gasteiger partial charge in [-0.05, 0) is 52.2 Å². The maximum Gasteiger partial charge on any atom is 0.261 e. The van der Waals surface area contributed by atoms with Crippen LogP contribution in [-0.2, 0) is 15.2 Å². The van der Waals surface area contributed by atoms with Crippen molar-refractivity contribution in [3.05, 3.63) is 143 Å². The maximum atomic E-state index is 13.6. The van der Waals surface area contributed by atoms with Crippen LogP contribution < -0.4 is 10.4 Å². The fraction of sp³-hybridized carbons (Fsp3) is 0.176. The zero-order chi connectivity index (χ0) is 27.0. The minimum Gasteiger partial charge on any atom is -0.404 e. The van der Waals surface area contributed by atoms with Crippen LogP contribution in [0.4, 0.5) is 0 Å². The molecule has 4 heteroatoms. The van der Waals surface area contributed by atoms with E-state index in [0.29, 0.717) is 6.61 Å². The highest BCUT2D eigenvalue weighted by molar-refractivity contribution is 7.89. The lowest BCUT2D eigenvalue weighted by atomic mass is 10.2. The zero-order valence-electron chi connectivity index (χ0n) is 22.6. The largest absolute Gasteiger partial charge is 0.404 e. The fourth-order valence-corrected chi connectivity index (χ4v) is 10.4. The van der Waals surface area contributed by atoms with Gasteiger partial charge < -0.3 is 4.43 Å². The molecule has 0 aliphatic rings. The maximum absolute atomic E-state index is 13.6. The molecule has 0 saturated carbocycles. The molecule has 0 aliphatic carbocycles. The predicted octanol–water partition coefficient (Wildman–Crippen LogP) is 7.28. The summed E-state index contributed by atoms with van der Waals surface area (Å²) in [7, 11) is -3.95. The topological polar surface area (TPSA) is 26.3 Å². The lowest BCUT2D eigenvalue weighted by Crippen LogP contribution is -2.66. The molecule has 0 bridgehead atoms. The van der Waals surface area contributed by atoms with Crippen molar-refractivity contribution in [1.82, 2.24) is 0 Å². The summed E-state index contributed by atoms with van der Waals surface area (Å²) < 4.78 is 20.6. The van der Waals surface area contributed by atoms with E-state index in [-0.39, 0.29) is 5.04 Å².